The molecule has 1 aromatic carbocycles. The molecule has 29 heavy (non-hydrogen) atoms. The third-order valence-corrected chi connectivity index (χ3v) is 4.67. The fraction of sp³-hybridized carbons (Fsp3) is 0.200. The maximum absolute atomic E-state index is 13.9. The number of allylic oxidation sites excluding steroid dienone is 1. The van der Waals surface area contributed by atoms with Crippen LogP contribution < -0.4 is 11.5 Å². The first-order valence-corrected chi connectivity index (χ1v) is 8.98. The lowest BCUT2D eigenvalue weighted by atomic mass is 10.1. The summed E-state index contributed by atoms with van der Waals surface area (Å²) in [5.74, 6) is 0.0210. The van der Waals surface area contributed by atoms with Crippen LogP contribution >= 0.6 is 0 Å². The molecule has 1 aliphatic rings. The molecular formula is C20H19FN6O2. The van der Waals surface area contributed by atoms with E-state index in [4.69, 9.17) is 16.0 Å². The highest BCUT2D eigenvalue weighted by atomic mass is 19.1. The molecule has 0 amide bonds. The van der Waals surface area contributed by atoms with Crippen molar-refractivity contribution in [2.45, 2.75) is 25.0 Å². The van der Waals surface area contributed by atoms with Crippen LogP contribution in [-0.4, -0.2) is 25.9 Å². The molecule has 1 aliphatic carbocycles. The number of aromatic nitrogens is 3. The second-order valence-corrected chi connectivity index (χ2v) is 6.80. The zero-order chi connectivity index (χ0) is 20.4. The van der Waals surface area contributed by atoms with Crippen LogP contribution in [0.25, 0.3) is 5.70 Å². The molecule has 2 heterocycles. The van der Waals surface area contributed by atoms with Crippen LogP contribution in [0.5, 0.6) is 0 Å². The number of hydrogen-bond acceptors (Lipinski definition) is 8. The van der Waals surface area contributed by atoms with Crippen LogP contribution in [0.3, 0.4) is 0 Å². The molecule has 0 aliphatic heterocycles. The molecule has 3 aromatic rings. The molecule has 0 radical (unpaired) electrons. The maximum Gasteiger partial charge on any atom is 0.177 e. The molecular weight excluding hydrogens is 375 g/mol. The van der Waals surface area contributed by atoms with E-state index in [1.165, 1.54) is 24.6 Å². The molecule has 9 heteroatoms. The Hall–Kier alpha value is -3.59. The predicted molar refractivity (Wildman–Crippen MR) is 105 cm³/mol. The van der Waals surface area contributed by atoms with Crippen molar-refractivity contribution in [1.82, 2.24) is 15.1 Å². The molecule has 0 bridgehead atoms. The highest BCUT2D eigenvalue weighted by Crippen LogP contribution is 2.46. The second kappa shape index (κ2) is 7.44. The van der Waals surface area contributed by atoms with Crippen LogP contribution in [0.15, 0.2) is 58.4 Å². The molecule has 1 saturated carbocycles. The van der Waals surface area contributed by atoms with Crippen LogP contribution in [0.2, 0.25) is 0 Å². The molecule has 1 fully saturated rings. The fourth-order valence-electron chi connectivity index (χ4n) is 2.83. The second-order valence-electron chi connectivity index (χ2n) is 6.80. The van der Waals surface area contributed by atoms with Gasteiger partial charge in [-0.2, -0.15) is 0 Å². The number of rotatable bonds is 6. The van der Waals surface area contributed by atoms with Crippen LogP contribution in [0, 0.1) is 5.82 Å². The third kappa shape index (κ3) is 3.99. The van der Waals surface area contributed by atoms with Crippen LogP contribution in [0.1, 0.15) is 35.5 Å². The van der Waals surface area contributed by atoms with Gasteiger partial charge in [0.2, 0.25) is 0 Å². The molecule has 8 nitrogen and oxygen atoms in total. The van der Waals surface area contributed by atoms with Crippen molar-refractivity contribution in [3.8, 4) is 0 Å². The Morgan fingerprint density at radius 1 is 1.31 bits per heavy atom. The first-order chi connectivity index (χ1) is 14.0. The number of hydrogen-bond donors (Lipinski definition) is 3. The van der Waals surface area contributed by atoms with Crippen molar-refractivity contribution in [3.05, 3.63) is 77.3 Å². The summed E-state index contributed by atoms with van der Waals surface area (Å²) in [6, 6.07) is 7.99. The van der Waals surface area contributed by atoms with E-state index in [0.29, 0.717) is 35.4 Å². The summed E-state index contributed by atoms with van der Waals surface area (Å²) in [5.41, 5.74) is 13.1. The number of nitrogens with zero attached hydrogens (tertiary/aromatic N) is 4. The largest absolute Gasteiger partial charge is 0.396 e. The highest BCUT2D eigenvalue weighted by molar-refractivity contribution is 6.10. The van der Waals surface area contributed by atoms with Gasteiger partial charge in [-0.3, -0.25) is 4.99 Å². The Balaban J connectivity index is 1.65. The van der Waals surface area contributed by atoms with E-state index in [0.717, 1.165) is 0 Å². The lowest BCUT2D eigenvalue weighted by Crippen LogP contribution is -2.14. The predicted octanol–water partition coefficient (Wildman–Crippen LogP) is 2.16. The van der Waals surface area contributed by atoms with Gasteiger partial charge in [0.1, 0.15) is 23.6 Å². The van der Waals surface area contributed by atoms with Gasteiger partial charge in [-0.15, -0.1) is 0 Å². The highest BCUT2D eigenvalue weighted by Gasteiger charge is 2.44. The van der Waals surface area contributed by atoms with Gasteiger partial charge in [0.15, 0.2) is 5.82 Å². The van der Waals surface area contributed by atoms with Gasteiger partial charge in [0.25, 0.3) is 0 Å². The van der Waals surface area contributed by atoms with E-state index in [9.17, 15) is 9.50 Å². The summed E-state index contributed by atoms with van der Waals surface area (Å²) >= 11 is 0. The minimum atomic E-state index is -0.936. The van der Waals surface area contributed by atoms with Crippen molar-refractivity contribution in [3.63, 3.8) is 0 Å². The average Bonchev–Trinajstić information content (AvgIpc) is 3.23. The summed E-state index contributed by atoms with van der Waals surface area (Å²) in [6.07, 6.45) is 5.67. The van der Waals surface area contributed by atoms with Crippen molar-refractivity contribution in [1.29, 1.82) is 0 Å². The molecule has 0 spiro atoms. The Morgan fingerprint density at radius 3 is 2.76 bits per heavy atom. The number of aliphatic imine (C=N–C) groups is 1. The summed E-state index contributed by atoms with van der Waals surface area (Å²) < 4.78 is 18.8. The van der Waals surface area contributed by atoms with Crippen molar-refractivity contribution in [2.24, 2.45) is 10.7 Å². The van der Waals surface area contributed by atoms with Gasteiger partial charge in [-0.05, 0) is 25.0 Å². The lowest BCUT2D eigenvalue weighted by Gasteiger charge is -2.11. The first-order valence-electron chi connectivity index (χ1n) is 8.98. The van der Waals surface area contributed by atoms with E-state index >= 15 is 0 Å². The lowest BCUT2D eigenvalue weighted by molar-refractivity contribution is 0.151. The summed E-state index contributed by atoms with van der Waals surface area (Å²) in [6.45, 7) is 0.0909. The van der Waals surface area contributed by atoms with Crippen molar-refractivity contribution in [2.75, 3.05) is 5.73 Å². The van der Waals surface area contributed by atoms with Crippen LogP contribution in [-0.2, 0) is 12.1 Å². The van der Waals surface area contributed by atoms with Crippen molar-refractivity contribution >= 4 is 17.2 Å². The van der Waals surface area contributed by atoms with Crippen molar-refractivity contribution < 1.29 is 14.0 Å². The van der Waals surface area contributed by atoms with Gasteiger partial charge >= 0.3 is 0 Å². The third-order valence-electron chi connectivity index (χ3n) is 4.67. The van der Waals surface area contributed by atoms with Gasteiger partial charge in [0.05, 0.1) is 23.6 Å². The number of halogens is 1. The quantitative estimate of drug-likeness (QED) is 0.545. The number of benzene rings is 1. The molecule has 4 rings (SSSR count). The van der Waals surface area contributed by atoms with Gasteiger partial charge in [0, 0.05) is 23.4 Å². The average molecular weight is 394 g/mol. The van der Waals surface area contributed by atoms with Gasteiger partial charge < -0.3 is 21.1 Å². The topological polar surface area (TPSA) is 136 Å². The minimum Gasteiger partial charge on any atom is -0.396 e. The fourth-order valence-corrected chi connectivity index (χ4v) is 2.83. The van der Waals surface area contributed by atoms with Gasteiger partial charge in [-0.1, -0.05) is 23.4 Å². The summed E-state index contributed by atoms with van der Waals surface area (Å²) in [4.78, 5) is 12.8. The first kappa shape index (κ1) is 18.8. The summed E-state index contributed by atoms with van der Waals surface area (Å²) in [5, 5.41) is 14.1. The van der Waals surface area contributed by atoms with E-state index in [2.05, 4.69) is 20.1 Å². The SMILES string of the molecule is NC(=CC(=NCc1ccccc1F)c1ccon1)c1ncc(C2(O)CC2)c(N)n1. The number of anilines is 1. The normalized spacial score (nSPS) is 16.1. The van der Waals surface area contributed by atoms with E-state index < -0.39 is 5.60 Å². The molecule has 0 saturated heterocycles. The number of aliphatic hydroxyl groups is 1. The summed E-state index contributed by atoms with van der Waals surface area (Å²) in [7, 11) is 0. The van der Waals surface area contributed by atoms with Gasteiger partial charge in [-0.25, -0.2) is 14.4 Å². The molecule has 148 valence electrons. The number of nitrogens with two attached hydrogens (primary N) is 2. The smallest absolute Gasteiger partial charge is 0.177 e. The zero-order valence-electron chi connectivity index (χ0n) is 15.4. The molecule has 0 unspecified atom stereocenters. The minimum absolute atomic E-state index is 0.0909. The van der Waals surface area contributed by atoms with E-state index in [1.807, 2.05) is 0 Å². The molecule has 5 N–H and O–H groups in total. The standard InChI is InChI=1S/C20H19FN6O2/c21-14-4-2-1-3-12(14)10-24-17(16-5-8-29-27-16)9-15(22)19-25-11-13(18(23)26-19)20(28)6-7-20/h1-5,8-9,11,28H,6-7,10,22H2,(H2,23,25,26). The van der Waals surface area contributed by atoms with E-state index in [-0.39, 0.29) is 29.7 Å². The Bertz CT molecular complexity index is 1090. The number of nitrogen functional groups attached to an aromatic ring is 1. The van der Waals surface area contributed by atoms with Crippen LogP contribution in [0.4, 0.5) is 10.2 Å². The monoisotopic (exact) mass is 394 g/mol. The maximum atomic E-state index is 13.9. The Kier molecular flexibility index (Phi) is 4.81. The Labute approximate surface area is 165 Å². The Morgan fingerprint density at radius 2 is 2.10 bits per heavy atom. The molecule has 2 aromatic heterocycles. The molecule has 0 atom stereocenters. The van der Waals surface area contributed by atoms with E-state index in [1.54, 1.807) is 24.3 Å². The zero-order valence-corrected chi connectivity index (χ0v) is 15.4.